The van der Waals surface area contributed by atoms with Gasteiger partial charge >= 0.3 is 12.1 Å². The van der Waals surface area contributed by atoms with E-state index in [1.165, 1.54) is 26.3 Å². The number of imide groups is 1. The number of rotatable bonds is 2. The third-order valence-electron chi connectivity index (χ3n) is 6.52. The van der Waals surface area contributed by atoms with Crippen LogP contribution in [0.3, 0.4) is 0 Å². The summed E-state index contributed by atoms with van der Waals surface area (Å²) >= 11 is 0. The summed E-state index contributed by atoms with van der Waals surface area (Å²) in [6.45, 7) is 1.47. The van der Waals surface area contributed by atoms with Gasteiger partial charge < -0.3 is 20.3 Å². The fraction of sp³-hybridized carbons (Fsp3) is 0.833. The lowest BCUT2D eigenvalue weighted by Gasteiger charge is -2.37. The van der Waals surface area contributed by atoms with Crippen molar-refractivity contribution in [3.63, 3.8) is 0 Å². The van der Waals surface area contributed by atoms with Crippen LogP contribution in [0.2, 0.25) is 0 Å². The van der Waals surface area contributed by atoms with Gasteiger partial charge in [-0.1, -0.05) is 12.8 Å². The predicted octanol–water partition coefficient (Wildman–Crippen LogP) is 1.06. The van der Waals surface area contributed by atoms with Crippen molar-refractivity contribution in [1.82, 2.24) is 20.4 Å². The Morgan fingerprint density at radius 2 is 2.00 bits per heavy atom. The summed E-state index contributed by atoms with van der Waals surface area (Å²) < 4.78 is 6.09. The fourth-order valence-electron chi connectivity index (χ4n) is 4.89. The summed E-state index contributed by atoms with van der Waals surface area (Å²) in [5.41, 5.74) is -0.827. The average molecular weight is 364 g/mol. The molecule has 5 amide bonds. The molecule has 2 N–H and O–H groups in total. The van der Waals surface area contributed by atoms with Gasteiger partial charge in [-0.15, -0.1) is 0 Å². The SMILES string of the molecule is CN1C(=O)NC2(CCN(C(=O)NCC3C[C@@H]4CCCC[C@H]4O3)CC2)C1=O. The molecule has 3 aliphatic heterocycles. The van der Waals surface area contributed by atoms with Gasteiger partial charge in [0.25, 0.3) is 5.91 Å². The highest BCUT2D eigenvalue weighted by Crippen LogP contribution is 2.37. The Morgan fingerprint density at radius 3 is 2.65 bits per heavy atom. The summed E-state index contributed by atoms with van der Waals surface area (Å²) in [5, 5.41) is 5.78. The fourth-order valence-corrected chi connectivity index (χ4v) is 4.89. The zero-order valence-electron chi connectivity index (χ0n) is 15.3. The van der Waals surface area contributed by atoms with Crippen molar-refractivity contribution in [2.24, 2.45) is 5.92 Å². The van der Waals surface area contributed by atoms with Crippen molar-refractivity contribution in [1.29, 1.82) is 0 Å². The summed E-state index contributed by atoms with van der Waals surface area (Å²) in [6, 6.07) is -0.462. The van der Waals surface area contributed by atoms with Crippen LogP contribution in [0, 0.1) is 5.92 Å². The number of nitrogens with one attached hydrogen (secondary N) is 2. The molecule has 4 aliphatic rings. The van der Waals surface area contributed by atoms with E-state index in [9.17, 15) is 14.4 Å². The molecular formula is C18H28N4O4. The van der Waals surface area contributed by atoms with Crippen LogP contribution in [0.4, 0.5) is 9.59 Å². The second-order valence-electron chi connectivity index (χ2n) is 8.13. The van der Waals surface area contributed by atoms with E-state index in [0.29, 0.717) is 44.5 Å². The molecule has 3 atom stereocenters. The van der Waals surface area contributed by atoms with Crippen molar-refractivity contribution in [3.05, 3.63) is 0 Å². The highest BCUT2D eigenvalue weighted by molar-refractivity contribution is 6.06. The van der Waals surface area contributed by atoms with E-state index in [1.807, 2.05) is 0 Å². The molecule has 144 valence electrons. The molecule has 3 saturated heterocycles. The van der Waals surface area contributed by atoms with Crippen LogP contribution in [0.25, 0.3) is 0 Å². The van der Waals surface area contributed by atoms with Crippen molar-refractivity contribution < 1.29 is 19.1 Å². The summed E-state index contributed by atoms with van der Waals surface area (Å²) in [7, 11) is 1.49. The molecule has 0 radical (unpaired) electrons. The monoisotopic (exact) mass is 364 g/mol. The summed E-state index contributed by atoms with van der Waals surface area (Å²) in [4.78, 5) is 39.3. The molecule has 0 bridgehead atoms. The Kier molecular flexibility index (Phi) is 4.54. The smallest absolute Gasteiger partial charge is 0.324 e. The summed E-state index contributed by atoms with van der Waals surface area (Å²) in [6.07, 6.45) is 7.40. The number of piperidine rings is 1. The van der Waals surface area contributed by atoms with Crippen molar-refractivity contribution in [3.8, 4) is 0 Å². The first kappa shape index (κ1) is 17.6. The number of likely N-dealkylation sites (N-methyl/N-ethyl adjacent to an activating group) is 1. The Labute approximate surface area is 153 Å². The lowest BCUT2D eigenvalue weighted by atomic mass is 9.85. The molecule has 1 unspecified atom stereocenters. The molecule has 4 fully saturated rings. The van der Waals surface area contributed by atoms with E-state index in [-0.39, 0.29) is 24.1 Å². The molecule has 8 heteroatoms. The number of carbonyl (C=O) groups excluding carboxylic acids is 3. The van der Waals surface area contributed by atoms with E-state index < -0.39 is 5.54 Å². The molecule has 0 aromatic rings. The van der Waals surface area contributed by atoms with Crippen molar-refractivity contribution in [2.75, 3.05) is 26.7 Å². The quantitative estimate of drug-likeness (QED) is 0.717. The Balaban J connectivity index is 1.24. The standard InChI is InChI=1S/C18H28N4O4/c1-21-15(23)18(20-17(21)25)6-8-22(9-7-18)16(24)19-11-13-10-12-4-2-3-5-14(12)26-13/h12-14H,2-11H2,1H3,(H,19,24)(H,20,25)/t12-,13?,14+/m0/s1. The van der Waals surface area contributed by atoms with Crippen LogP contribution in [0.5, 0.6) is 0 Å². The van der Waals surface area contributed by atoms with Gasteiger partial charge in [0.2, 0.25) is 0 Å². The number of fused-ring (bicyclic) bond motifs is 1. The largest absolute Gasteiger partial charge is 0.373 e. The van der Waals surface area contributed by atoms with E-state index in [1.54, 1.807) is 4.90 Å². The topological polar surface area (TPSA) is 91.0 Å². The zero-order valence-corrected chi connectivity index (χ0v) is 15.3. The molecule has 0 aromatic heterocycles. The third kappa shape index (κ3) is 3.04. The van der Waals surface area contributed by atoms with Crippen LogP contribution in [-0.4, -0.2) is 72.2 Å². The number of amides is 5. The van der Waals surface area contributed by atoms with E-state index >= 15 is 0 Å². The third-order valence-corrected chi connectivity index (χ3v) is 6.52. The van der Waals surface area contributed by atoms with Crippen molar-refractivity contribution >= 4 is 18.0 Å². The van der Waals surface area contributed by atoms with Gasteiger partial charge in [0.15, 0.2) is 0 Å². The predicted molar refractivity (Wildman–Crippen MR) is 93.5 cm³/mol. The molecule has 0 aromatic carbocycles. The number of hydrogen-bond donors (Lipinski definition) is 2. The summed E-state index contributed by atoms with van der Waals surface area (Å²) in [5.74, 6) is 0.471. The molecule has 4 rings (SSSR count). The second-order valence-corrected chi connectivity index (χ2v) is 8.13. The van der Waals surface area contributed by atoms with Crippen molar-refractivity contribution in [2.45, 2.75) is 62.7 Å². The second kappa shape index (κ2) is 6.72. The maximum Gasteiger partial charge on any atom is 0.324 e. The number of ether oxygens (including phenoxy) is 1. The minimum atomic E-state index is -0.827. The molecule has 1 aliphatic carbocycles. The highest BCUT2D eigenvalue weighted by atomic mass is 16.5. The van der Waals surface area contributed by atoms with Crippen LogP contribution >= 0.6 is 0 Å². The zero-order chi connectivity index (χ0) is 18.3. The van der Waals surface area contributed by atoms with Gasteiger partial charge in [-0.25, -0.2) is 9.59 Å². The van der Waals surface area contributed by atoms with Crippen LogP contribution < -0.4 is 10.6 Å². The first-order valence-corrected chi connectivity index (χ1v) is 9.77. The first-order valence-electron chi connectivity index (χ1n) is 9.77. The maximum absolute atomic E-state index is 12.5. The van der Waals surface area contributed by atoms with Crippen LogP contribution in [0.1, 0.15) is 44.9 Å². The number of carbonyl (C=O) groups is 3. The van der Waals surface area contributed by atoms with Crippen LogP contribution in [0.15, 0.2) is 0 Å². The van der Waals surface area contributed by atoms with Gasteiger partial charge in [-0.3, -0.25) is 9.69 Å². The van der Waals surface area contributed by atoms with Gasteiger partial charge in [0, 0.05) is 26.7 Å². The number of likely N-dealkylation sites (tertiary alicyclic amines) is 1. The lowest BCUT2D eigenvalue weighted by molar-refractivity contribution is -0.131. The van der Waals surface area contributed by atoms with E-state index in [0.717, 1.165) is 17.7 Å². The lowest BCUT2D eigenvalue weighted by Crippen LogP contribution is -2.57. The molecule has 1 saturated carbocycles. The van der Waals surface area contributed by atoms with Crippen LogP contribution in [-0.2, 0) is 9.53 Å². The molecular weight excluding hydrogens is 336 g/mol. The number of nitrogens with zero attached hydrogens (tertiary/aromatic N) is 2. The first-order chi connectivity index (χ1) is 12.5. The van der Waals surface area contributed by atoms with Gasteiger partial charge in [-0.2, -0.15) is 0 Å². The Bertz CT molecular complexity index is 588. The highest BCUT2D eigenvalue weighted by Gasteiger charge is 2.51. The number of hydrogen-bond acceptors (Lipinski definition) is 4. The Hall–Kier alpha value is -1.83. The molecule has 1 spiro atoms. The minimum Gasteiger partial charge on any atom is -0.373 e. The minimum absolute atomic E-state index is 0.108. The molecule has 3 heterocycles. The van der Waals surface area contributed by atoms with Gasteiger partial charge in [0.05, 0.1) is 12.2 Å². The van der Waals surface area contributed by atoms with E-state index in [4.69, 9.17) is 4.74 Å². The maximum atomic E-state index is 12.5. The molecule has 26 heavy (non-hydrogen) atoms. The van der Waals surface area contributed by atoms with E-state index in [2.05, 4.69) is 10.6 Å². The average Bonchev–Trinajstić information content (AvgIpc) is 3.16. The number of urea groups is 2. The molecule has 8 nitrogen and oxygen atoms in total. The normalized spacial score (nSPS) is 33.3. The Morgan fingerprint density at radius 1 is 1.27 bits per heavy atom. The van der Waals surface area contributed by atoms with Gasteiger partial charge in [0.1, 0.15) is 5.54 Å². The van der Waals surface area contributed by atoms with Gasteiger partial charge in [-0.05, 0) is 38.0 Å².